The van der Waals surface area contributed by atoms with Gasteiger partial charge in [-0.15, -0.1) is 12.4 Å². The third-order valence-electron chi connectivity index (χ3n) is 3.14. The largest absolute Gasteiger partial charge is 0.309 e. The van der Waals surface area contributed by atoms with Gasteiger partial charge in [0.25, 0.3) is 11.8 Å². The summed E-state index contributed by atoms with van der Waals surface area (Å²) in [6.07, 6.45) is 1.96. The van der Waals surface area contributed by atoms with Crippen molar-refractivity contribution < 1.29 is 9.59 Å². The van der Waals surface area contributed by atoms with Gasteiger partial charge in [0.05, 0.1) is 11.1 Å². The maximum atomic E-state index is 12.0. The summed E-state index contributed by atoms with van der Waals surface area (Å²) >= 11 is 0. The summed E-state index contributed by atoms with van der Waals surface area (Å²) in [4.78, 5) is 25.3. The predicted octanol–water partition coefficient (Wildman–Crippen LogP) is 1.23. The molecule has 0 atom stereocenters. The molecule has 1 aromatic carbocycles. The molecule has 0 spiro atoms. The van der Waals surface area contributed by atoms with Crippen LogP contribution in [0.15, 0.2) is 35.9 Å². The Labute approximate surface area is 111 Å². The highest BCUT2D eigenvalue weighted by Crippen LogP contribution is 2.22. The van der Waals surface area contributed by atoms with Gasteiger partial charge >= 0.3 is 0 Å². The highest BCUT2D eigenvalue weighted by molar-refractivity contribution is 6.21. The van der Waals surface area contributed by atoms with Crippen LogP contribution in [0.25, 0.3) is 0 Å². The Morgan fingerprint density at radius 3 is 2.11 bits per heavy atom. The van der Waals surface area contributed by atoms with E-state index in [9.17, 15) is 9.59 Å². The monoisotopic (exact) mass is 264 g/mol. The van der Waals surface area contributed by atoms with E-state index in [4.69, 9.17) is 0 Å². The average molecular weight is 265 g/mol. The smallest absolute Gasteiger partial charge is 0.261 e. The summed E-state index contributed by atoms with van der Waals surface area (Å²) in [5.74, 6) is -0.371. The number of carbonyl (C=O) groups excluding carboxylic acids is 2. The molecule has 94 valence electrons. The Morgan fingerprint density at radius 2 is 1.67 bits per heavy atom. The molecule has 2 heterocycles. The van der Waals surface area contributed by atoms with Crippen LogP contribution in [0, 0.1) is 0 Å². The van der Waals surface area contributed by atoms with Crippen molar-refractivity contribution in [2.24, 2.45) is 0 Å². The van der Waals surface area contributed by atoms with E-state index in [2.05, 4.69) is 5.32 Å². The van der Waals surface area contributed by atoms with E-state index in [-0.39, 0.29) is 24.2 Å². The molecule has 1 saturated heterocycles. The standard InChI is InChI=1S/C13H12N2O2.ClH/c16-12-10-3-1-2-4-11(10)13(17)15(12)6-5-9-7-14-8-9;/h1-5,14H,6-8H2;1H. The maximum Gasteiger partial charge on any atom is 0.261 e. The zero-order valence-electron chi connectivity index (χ0n) is 9.68. The quantitative estimate of drug-likeness (QED) is 0.646. The molecule has 1 N–H and O–H groups in total. The molecular formula is C13H13ClN2O2. The van der Waals surface area contributed by atoms with E-state index >= 15 is 0 Å². The van der Waals surface area contributed by atoms with Crippen molar-refractivity contribution in [3.05, 3.63) is 47.0 Å². The predicted molar refractivity (Wildman–Crippen MR) is 70.0 cm³/mol. The number of hydrogen-bond donors (Lipinski definition) is 1. The third-order valence-corrected chi connectivity index (χ3v) is 3.14. The van der Waals surface area contributed by atoms with Gasteiger partial charge < -0.3 is 5.32 Å². The molecule has 1 fully saturated rings. The lowest BCUT2D eigenvalue weighted by molar-refractivity contribution is 0.0671. The van der Waals surface area contributed by atoms with Crippen LogP contribution in [0.5, 0.6) is 0 Å². The number of rotatable bonds is 2. The lowest BCUT2D eigenvalue weighted by Gasteiger charge is -2.20. The highest BCUT2D eigenvalue weighted by Gasteiger charge is 2.34. The number of amides is 2. The number of fused-ring (bicyclic) bond motifs is 1. The van der Waals surface area contributed by atoms with Gasteiger partial charge in [-0.3, -0.25) is 14.5 Å². The van der Waals surface area contributed by atoms with Crippen molar-refractivity contribution >= 4 is 24.2 Å². The summed E-state index contributed by atoms with van der Waals surface area (Å²) in [5.41, 5.74) is 2.28. The average Bonchev–Trinajstić information content (AvgIpc) is 2.53. The second-order valence-corrected chi connectivity index (χ2v) is 4.23. The van der Waals surface area contributed by atoms with Gasteiger partial charge in [-0.2, -0.15) is 0 Å². The first-order valence-electron chi connectivity index (χ1n) is 5.61. The van der Waals surface area contributed by atoms with Gasteiger partial charge in [0.15, 0.2) is 0 Å². The van der Waals surface area contributed by atoms with Gasteiger partial charge in [0, 0.05) is 19.6 Å². The molecular weight excluding hydrogens is 252 g/mol. The van der Waals surface area contributed by atoms with E-state index < -0.39 is 0 Å². The maximum absolute atomic E-state index is 12.0. The summed E-state index contributed by atoms with van der Waals surface area (Å²) < 4.78 is 0. The first-order valence-corrected chi connectivity index (χ1v) is 5.61. The fourth-order valence-corrected chi connectivity index (χ4v) is 2.04. The summed E-state index contributed by atoms with van der Waals surface area (Å²) in [6.45, 7) is 2.11. The molecule has 0 unspecified atom stereocenters. The molecule has 0 aliphatic carbocycles. The summed E-state index contributed by atoms with van der Waals surface area (Å²) in [7, 11) is 0. The van der Waals surface area contributed by atoms with Gasteiger partial charge in [0.2, 0.25) is 0 Å². The minimum atomic E-state index is -0.185. The molecule has 4 nitrogen and oxygen atoms in total. The lowest BCUT2D eigenvalue weighted by atomic mass is 10.1. The molecule has 3 rings (SSSR count). The normalized spacial score (nSPS) is 17.1. The molecule has 0 aromatic heterocycles. The van der Waals surface area contributed by atoms with Crippen molar-refractivity contribution in [1.29, 1.82) is 0 Å². The van der Waals surface area contributed by atoms with E-state index in [1.807, 2.05) is 6.08 Å². The molecule has 0 saturated carbocycles. The molecule has 1 aromatic rings. The number of carbonyl (C=O) groups is 2. The number of imide groups is 1. The zero-order valence-corrected chi connectivity index (χ0v) is 10.5. The van der Waals surface area contributed by atoms with Crippen molar-refractivity contribution in [3.63, 3.8) is 0 Å². The first-order chi connectivity index (χ1) is 8.27. The Morgan fingerprint density at radius 1 is 1.11 bits per heavy atom. The van der Waals surface area contributed by atoms with Gasteiger partial charge in [-0.1, -0.05) is 18.2 Å². The Kier molecular flexibility index (Phi) is 3.50. The van der Waals surface area contributed by atoms with Crippen molar-refractivity contribution in [2.75, 3.05) is 19.6 Å². The van der Waals surface area contributed by atoms with Crippen LogP contribution >= 0.6 is 12.4 Å². The molecule has 2 amide bonds. The Bertz CT molecular complexity index is 499. The second-order valence-electron chi connectivity index (χ2n) is 4.23. The highest BCUT2D eigenvalue weighted by atomic mass is 35.5. The van der Waals surface area contributed by atoms with Crippen LogP contribution in [-0.2, 0) is 0 Å². The minimum Gasteiger partial charge on any atom is -0.309 e. The first kappa shape index (κ1) is 12.8. The van der Waals surface area contributed by atoms with Crippen LogP contribution in [0.1, 0.15) is 20.7 Å². The molecule has 0 bridgehead atoms. The third kappa shape index (κ3) is 1.94. The fourth-order valence-electron chi connectivity index (χ4n) is 2.04. The topological polar surface area (TPSA) is 49.4 Å². The van der Waals surface area contributed by atoms with Crippen molar-refractivity contribution in [3.8, 4) is 0 Å². The minimum absolute atomic E-state index is 0. The van der Waals surface area contributed by atoms with E-state index in [0.29, 0.717) is 17.7 Å². The summed E-state index contributed by atoms with van der Waals surface area (Å²) in [5, 5.41) is 3.12. The zero-order chi connectivity index (χ0) is 11.8. The Hall–Kier alpha value is -1.65. The van der Waals surface area contributed by atoms with Crippen molar-refractivity contribution in [1.82, 2.24) is 10.2 Å². The van der Waals surface area contributed by atoms with E-state index in [0.717, 1.165) is 13.1 Å². The van der Waals surface area contributed by atoms with Gasteiger partial charge in [0.1, 0.15) is 0 Å². The number of benzene rings is 1. The number of nitrogens with one attached hydrogen (secondary N) is 1. The Balaban J connectivity index is 0.00000120. The molecule has 2 aliphatic heterocycles. The number of halogens is 1. The molecule has 18 heavy (non-hydrogen) atoms. The number of hydrogen-bond acceptors (Lipinski definition) is 3. The fraction of sp³-hybridized carbons (Fsp3) is 0.231. The molecule has 2 aliphatic rings. The lowest BCUT2D eigenvalue weighted by Crippen LogP contribution is -2.36. The van der Waals surface area contributed by atoms with Crippen LogP contribution < -0.4 is 5.32 Å². The SMILES string of the molecule is Cl.O=C1c2ccccc2C(=O)N1CC=C1CNC1. The van der Waals surface area contributed by atoms with Crippen molar-refractivity contribution in [2.45, 2.75) is 0 Å². The number of nitrogens with zero attached hydrogens (tertiary/aromatic N) is 1. The second kappa shape index (κ2) is 4.92. The van der Waals surface area contributed by atoms with Crippen LogP contribution in [0.3, 0.4) is 0 Å². The van der Waals surface area contributed by atoms with Crippen LogP contribution in [0.4, 0.5) is 0 Å². The van der Waals surface area contributed by atoms with Crippen LogP contribution in [0.2, 0.25) is 0 Å². The summed E-state index contributed by atoms with van der Waals surface area (Å²) in [6, 6.07) is 6.96. The molecule has 0 radical (unpaired) electrons. The van der Waals surface area contributed by atoms with Gasteiger partial charge in [-0.05, 0) is 17.7 Å². The van der Waals surface area contributed by atoms with E-state index in [1.54, 1.807) is 24.3 Å². The molecule has 5 heteroatoms. The van der Waals surface area contributed by atoms with Crippen LogP contribution in [-0.4, -0.2) is 36.3 Å². The van der Waals surface area contributed by atoms with Gasteiger partial charge in [-0.25, -0.2) is 0 Å². The van der Waals surface area contributed by atoms with E-state index in [1.165, 1.54) is 10.5 Å².